The van der Waals surface area contributed by atoms with Crippen LogP contribution in [-0.2, 0) is 11.2 Å². The molecule has 1 aromatic carbocycles. The highest BCUT2D eigenvalue weighted by Crippen LogP contribution is 2.30. The lowest BCUT2D eigenvalue weighted by atomic mass is 9.97. The van der Waals surface area contributed by atoms with Crippen LogP contribution >= 0.6 is 0 Å². The van der Waals surface area contributed by atoms with Crippen molar-refractivity contribution >= 4 is 17.1 Å². The van der Waals surface area contributed by atoms with Gasteiger partial charge in [-0.1, -0.05) is 13.0 Å². The molecule has 3 rings (SSSR count). The molecule has 118 valence electrons. The summed E-state index contributed by atoms with van der Waals surface area (Å²) < 4.78 is 5.92. The van der Waals surface area contributed by atoms with Gasteiger partial charge >= 0.3 is 5.97 Å². The average Bonchev–Trinajstić information content (AvgIpc) is 2.96. The highest BCUT2D eigenvalue weighted by molar-refractivity contribution is 5.73. The highest BCUT2D eigenvalue weighted by Gasteiger charge is 2.24. The molecule has 1 aliphatic heterocycles. The van der Waals surface area contributed by atoms with Gasteiger partial charge in [-0.25, -0.2) is 4.98 Å². The van der Waals surface area contributed by atoms with Crippen molar-refractivity contribution in [1.29, 1.82) is 0 Å². The number of oxazole rings is 1. The quantitative estimate of drug-likeness (QED) is 0.919. The van der Waals surface area contributed by atoms with Gasteiger partial charge in [-0.15, -0.1) is 0 Å². The first kappa shape index (κ1) is 15.0. The summed E-state index contributed by atoms with van der Waals surface area (Å²) in [6, 6.07) is 6.20. The second-order valence-corrected chi connectivity index (χ2v) is 5.97. The molecule has 1 saturated heterocycles. The summed E-state index contributed by atoms with van der Waals surface area (Å²) in [7, 11) is 0. The zero-order chi connectivity index (χ0) is 15.5. The van der Waals surface area contributed by atoms with Crippen molar-refractivity contribution in [3.05, 3.63) is 29.7 Å². The Morgan fingerprint density at radius 3 is 2.86 bits per heavy atom. The number of aromatic nitrogens is 1. The van der Waals surface area contributed by atoms with Gasteiger partial charge in [-0.05, 0) is 50.0 Å². The Bertz CT molecular complexity index is 657. The van der Waals surface area contributed by atoms with Gasteiger partial charge in [0.05, 0.1) is 6.42 Å². The maximum atomic E-state index is 10.6. The number of rotatable bonds is 5. The number of benzene rings is 1. The molecule has 1 aliphatic rings. The van der Waals surface area contributed by atoms with E-state index in [1.165, 1.54) is 5.56 Å². The van der Waals surface area contributed by atoms with Crippen molar-refractivity contribution in [2.75, 3.05) is 19.6 Å². The number of hydrogen-bond acceptors (Lipinski definition) is 4. The predicted molar refractivity (Wildman–Crippen MR) is 84.1 cm³/mol. The lowest BCUT2D eigenvalue weighted by molar-refractivity contribution is -0.137. The van der Waals surface area contributed by atoms with E-state index >= 15 is 0 Å². The van der Waals surface area contributed by atoms with Gasteiger partial charge in [-0.2, -0.15) is 0 Å². The minimum Gasteiger partial charge on any atom is -0.481 e. The van der Waals surface area contributed by atoms with Gasteiger partial charge in [-0.3, -0.25) is 4.79 Å². The predicted octanol–water partition coefficient (Wildman–Crippen LogP) is 3.04. The van der Waals surface area contributed by atoms with Crippen LogP contribution in [-0.4, -0.2) is 40.6 Å². The number of piperidine rings is 1. The van der Waals surface area contributed by atoms with Crippen LogP contribution in [0.3, 0.4) is 0 Å². The standard InChI is InChI=1S/C17H22N2O3/c1-2-12-3-4-15-14(11-12)18-17(22-15)13-5-8-19(9-6-13)10-7-16(20)21/h3-4,11,13H,2,5-10H2,1H3,(H,20,21). The van der Waals surface area contributed by atoms with Crippen molar-refractivity contribution in [3.8, 4) is 0 Å². The van der Waals surface area contributed by atoms with Gasteiger partial charge in [0.2, 0.25) is 0 Å². The van der Waals surface area contributed by atoms with Crippen LogP contribution in [0.5, 0.6) is 0 Å². The molecule has 1 N–H and O–H groups in total. The van der Waals surface area contributed by atoms with Gasteiger partial charge in [0.15, 0.2) is 11.5 Å². The van der Waals surface area contributed by atoms with E-state index in [-0.39, 0.29) is 6.42 Å². The fraction of sp³-hybridized carbons (Fsp3) is 0.529. The SMILES string of the molecule is CCc1ccc2oc(C3CCN(CCC(=O)O)CC3)nc2c1. The number of aliphatic carboxylic acids is 1. The van der Waals surface area contributed by atoms with E-state index in [1.54, 1.807) is 0 Å². The first-order valence-corrected chi connectivity index (χ1v) is 7.99. The molecule has 22 heavy (non-hydrogen) atoms. The van der Waals surface area contributed by atoms with Gasteiger partial charge in [0.1, 0.15) is 5.52 Å². The summed E-state index contributed by atoms with van der Waals surface area (Å²) in [5.74, 6) is 0.451. The van der Waals surface area contributed by atoms with E-state index in [1.807, 2.05) is 6.07 Å². The summed E-state index contributed by atoms with van der Waals surface area (Å²) in [6.45, 7) is 4.60. The fourth-order valence-corrected chi connectivity index (χ4v) is 3.04. The van der Waals surface area contributed by atoms with Crippen molar-refractivity contribution in [2.24, 2.45) is 0 Å². The van der Waals surface area contributed by atoms with E-state index in [2.05, 4.69) is 28.9 Å². The molecule has 5 nitrogen and oxygen atoms in total. The molecule has 0 radical (unpaired) electrons. The molecule has 0 bridgehead atoms. The topological polar surface area (TPSA) is 66.6 Å². The van der Waals surface area contributed by atoms with E-state index in [4.69, 9.17) is 9.52 Å². The molecule has 1 fully saturated rings. The molecule has 1 aromatic heterocycles. The van der Waals surface area contributed by atoms with Crippen LogP contribution in [0, 0.1) is 0 Å². The molecular formula is C17H22N2O3. The van der Waals surface area contributed by atoms with E-state index in [0.29, 0.717) is 12.5 Å². The fourth-order valence-electron chi connectivity index (χ4n) is 3.04. The highest BCUT2D eigenvalue weighted by atomic mass is 16.4. The first-order chi connectivity index (χ1) is 10.7. The number of hydrogen-bond donors (Lipinski definition) is 1. The molecular weight excluding hydrogens is 280 g/mol. The smallest absolute Gasteiger partial charge is 0.304 e. The van der Waals surface area contributed by atoms with Crippen LogP contribution in [0.25, 0.3) is 11.1 Å². The third kappa shape index (κ3) is 3.30. The number of carboxylic acids is 1. The largest absolute Gasteiger partial charge is 0.481 e. The number of carboxylic acid groups (broad SMARTS) is 1. The summed E-state index contributed by atoms with van der Waals surface area (Å²) in [5, 5.41) is 8.75. The third-order valence-corrected chi connectivity index (χ3v) is 4.46. The average molecular weight is 302 g/mol. The number of fused-ring (bicyclic) bond motifs is 1. The maximum Gasteiger partial charge on any atom is 0.304 e. The molecule has 0 unspecified atom stereocenters. The Morgan fingerprint density at radius 2 is 2.18 bits per heavy atom. The third-order valence-electron chi connectivity index (χ3n) is 4.46. The molecule has 5 heteroatoms. The minimum absolute atomic E-state index is 0.216. The number of aryl methyl sites for hydroxylation is 1. The summed E-state index contributed by atoms with van der Waals surface area (Å²) in [5.41, 5.74) is 3.08. The molecule has 2 heterocycles. The van der Waals surface area contributed by atoms with E-state index in [9.17, 15) is 4.79 Å². The summed E-state index contributed by atoms with van der Waals surface area (Å²) >= 11 is 0. The molecule has 0 saturated carbocycles. The lowest BCUT2D eigenvalue weighted by Gasteiger charge is -2.29. The number of likely N-dealkylation sites (tertiary alicyclic amines) is 1. The summed E-state index contributed by atoms with van der Waals surface area (Å²) in [4.78, 5) is 17.5. The lowest BCUT2D eigenvalue weighted by Crippen LogP contribution is -2.34. The van der Waals surface area contributed by atoms with Gasteiger partial charge in [0, 0.05) is 12.5 Å². The van der Waals surface area contributed by atoms with Gasteiger partial charge < -0.3 is 14.4 Å². The summed E-state index contributed by atoms with van der Waals surface area (Å²) in [6.07, 6.45) is 3.17. The normalized spacial score (nSPS) is 17.1. The monoisotopic (exact) mass is 302 g/mol. The Balaban J connectivity index is 1.64. The Hall–Kier alpha value is -1.88. The van der Waals surface area contributed by atoms with Crippen molar-refractivity contribution < 1.29 is 14.3 Å². The second-order valence-electron chi connectivity index (χ2n) is 5.97. The number of carbonyl (C=O) groups is 1. The van der Waals surface area contributed by atoms with Crippen molar-refractivity contribution in [2.45, 2.75) is 38.5 Å². The minimum atomic E-state index is -0.729. The Kier molecular flexibility index (Phi) is 4.43. The molecule has 0 aliphatic carbocycles. The van der Waals surface area contributed by atoms with Crippen LogP contribution in [0.1, 0.15) is 43.6 Å². The zero-order valence-electron chi connectivity index (χ0n) is 12.9. The van der Waals surface area contributed by atoms with Crippen LogP contribution in [0.15, 0.2) is 22.6 Å². The maximum absolute atomic E-state index is 10.6. The molecule has 0 amide bonds. The van der Waals surface area contributed by atoms with E-state index < -0.39 is 5.97 Å². The molecule has 0 spiro atoms. The zero-order valence-corrected chi connectivity index (χ0v) is 12.9. The van der Waals surface area contributed by atoms with Crippen molar-refractivity contribution in [3.63, 3.8) is 0 Å². The van der Waals surface area contributed by atoms with Gasteiger partial charge in [0.25, 0.3) is 0 Å². The van der Waals surface area contributed by atoms with E-state index in [0.717, 1.165) is 49.3 Å². The second kappa shape index (κ2) is 6.48. The van der Waals surface area contributed by atoms with Crippen LogP contribution < -0.4 is 0 Å². The Morgan fingerprint density at radius 1 is 1.41 bits per heavy atom. The first-order valence-electron chi connectivity index (χ1n) is 7.99. The van der Waals surface area contributed by atoms with Crippen LogP contribution in [0.2, 0.25) is 0 Å². The Labute approximate surface area is 129 Å². The molecule has 2 aromatic rings. The van der Waals surface area contributed by atoms with Crippen molar-refractivity contribution in [1.82, 2.24) is 9.88 Å². The van der Waals surface area contributed by atoms with Crippen LogP contribution in [0.4, 0.5) is 0 Å². The number of nitrogens with zero attached hydrogens (tertiary/aromatic N) is 2. The molecule has 0 atom stereocenters.